The molecule has 74 valence electrons. The lowest BCUT2D eigenvalue weighted by atomic mass is 9.92. The lowest BCUT2D eigenvalue weighted by molar-refractivity contribution is 0.342. The number of nitrogens with zero attached hydrogens (tertiary/aromatic N) is 2. The number of rotatable bonds is 2. The van der Waals surface area contributed by atoms with E-state index in [4.69, 9.17) is 5.73 Å². The van der Waals surface area contributed by atoms with Gasteiger partial charge in [0.2, 0.25) is 0 Å². The van der Waals surface area contributed by atoms with E-state index in [0.29, 0.717) is 5.41 Å². The molecule has 13 heavy (non-hydrogen) atoms. The maximum Gasteiger partial charge on any atom is 0.124 e. The molecule has 0 aliphatic rings. The van der Waals surface area contributed by atoms with Crippen LogP contribution in [0.1, 0.15) is 32.8 Å². The fraction of sp³-hybridized carbons (Fsp3) is 0.700. The van der Waals surface area contributed by atoms with Crippen molar-refractivity contribution in [1.82, 2.24) is 9.78 Å². The normalized spacial score (nSPS) is 12.0. The van der Waals surface area contributed by atoms with Gasteiger partial charge in [0, 0.05) is 12.1 Å². The molecule has 3 heteroatoms. The first kappa shape index (κ1) is 10.1. The molecule has 2 N–H and O–H groups in total. The summed E-state index contributed by atoms with van der Waals surface area (Å²) in [6.45, 7) is 9.55. The third-order valence-corrected chi connectivity index (χ3v) is 2.15. The summed E-state index contributed by atoms with van der Waals surface area (Å²) in [7, 11) is 0. The molecular weight excluding hydrogens is 162 g/mol. The van der Waals surface area contributed by atoms with Crippen molar-refractivity contribution in [3.05, 3.63) is 11.8 Å². The van der Waals surface area contributed by atoms with Gasteiger partial charge in [-0.3, -0.25) is 0 Å². The molecule has 0 fully saturated rings. The van der Waals surface area contributed by atoms with Crippen molar-refractivity contribution < 1.29 is 0 Å². The Balaban J connectivity index is 2.60. The van der Waals surface area contributed by atoms with Crippen LogP contribution >= 0.6 is 0 Å². The zero-order chi connectivity index (χ0) is 10.1. The van der Waals surface area contributed by atoms with E-state index in [1.807, 2.05) is 17.8 Å². The van der Waals surface area contributed by atoms with Crippen LogP contribution in [0, 0.1) is 12.3 Å². The smallest absolute Gasteiger partial charge is 0.124 e. The number of aromatic nitrogens is 2. The van der Waals surface area contributed by atoms with Gasteiger partial charge in [-0.15, -0.1) is 0 Å². The molecule has 0 aliphatic heterocycles. The van der Waals surface area contributed by atoms with Crippen molar-refractivity contribution >= 4 is 5.82 Å². The molecular formula is C10H19N3. The monoisotopic (exact) mass is 181 g/mol. The van der Waals surface area contributed by atoms with E-state index < -0.39 is 0 Å². The van der Waals surface area contributed by atoms with Gasteiger partial charge in [0.05, 0.1) is 6.20 Å². The molecule has 3 nitrogen and oxygen atoms in total. The van der Waals surface area contributed by atoms with Gasteiger partial charge in [-0.05, 0) is 18.8 Å². The van der Waals surface area contributed by atoms with Crippen LogP contribution in [0.4, 0.5) is 5.82 Å². The predicted molar refractivity (Wildman–Crippen MR) is 55.4 cm³/mol. The second-order valence-corrected chi connectivity index (χ2v) is 4.75. The van der Waals surface area contributed by atoms with E-state index in [0.717, 1.165) is 24.3 Å². The van der Waals surface area contributed by atoms with Crippen LogP contribution in [0.2, 0.25) is 0 Å². The van der Waals surface area contributed by atoms with Crippen molar-refractivity contribution in [2.24, 2.45) is 5.41 Å². The number of hydrogen-bond acceptors (Lipinski definition) is 2. The molecule has 0 atom stereocenters. The standard InChI is InChI=1S/C10H19N3/c1-8-7-12-13(9(8)11)6-5-10(2,3)4/h7H,5-6,11H2,1-4H3. The van der Waals surface area contributed by atoms with E-state index in [1.165, 1.54) is 0 Å². The number of hydrogen-bond donors (Lipinski definition) is 1. The van der Waals surface area contributed by atoms with Gasteiger partial charge in [0.25, 0.3) is 0 Å². The van der Waals surface area contributed by atoms with Gasteiger partial charge in [-0.1, -0.05) is 20.8 Å². The quantitative estimate of drug-likeness (QED) is 0.760. The van der Waals surface area contributed by atoms with Crippen molar-refractivity contribution in [2.75, 3.05) is 5.73 Å². The first-order valence-electron chi connectivity index (χ1n) is 4.68. The highest BCUT2D eigenvalue weighted by atomic mass is 15.3. The average Bonchev–Trinajstić information content (AvgIpc) is 2.29. The second-order valence-electron chi connectivity index (χ2n) is 4.75. The summed E-state index contributed by atoms with van der Waals surface area (Å²) in [5, 5.41) is 4.21. The van der Waals surface area contributed by atoms with Crippen LogP contribution in [0.25, 0.3) is 0 Å². The second kappa shape index (κ2) is 3.40. The molecule has 0 aromatic carbocycles. The Morgan fingerprint density at radius 2 is 2.08 bits per heavy atom. The molecule has 0 bridgehead atoms. The van der Waals surface area contributed by atoms with Gasteiger partial charge in [0.15, 0.2) is 0 Å². The molecule has 0 amide bonds. The highest BCUT2D eigenvalue weighted by Crippen LogP contribution is 2.20. The molecule has 1 aromatic heterocycles. The third-order valence-electron chi connectivity index (χ3n) is 2.15. The molecule has 1 aromatic rings. The summed E-state index contributed by atoms with van der Waals surface area (Å²) in [5.41, 5.74) is 7.24. The predicted octanol–water partition coefficient (Wildman–Crippen LogP) is 2.21. The highest BCUT2D eigenvalue weighted by molar-refractivity contribution is 5.36. The van der Waals surface area contributed by atoms with Gasteiger partial charge >= 0.3 is 0 Å². The fourth-order valence-corrected chi connectivity index (χ4v) is 1.11. The molecule has 1 rings (SSSR count). The van der Waals surface area contributed by atoms with E-state index in [-0.39, 0.29) is 0 Å². The fourth-order valence-electron chi connectivity index (χ4n) is 1.11. The average molecular weight is 181 g/mol. The topological polar surface area (TPSA) is 43.8 Å². The summed E-state index contributed by atoms with van der Waals surface area (Å²) in [6.07, 6.45) is 2.91. The van der Waals surface area contributed by atoms with E-state index in [9.17, 15) is 0 Å². The van der Waals surface area contributed by atoms with Crippen LogP contribution in [0.3, 0.4) is 0 Å². The molecule has 0 spiro atoms. The Hall–Kier alpha value is -0.990. The first-order valence-corrected chi connectivity index (χ1v) is 4.68. The Morgan fingerprint density at radius 1 is 1.46 bits per heavy atom. The molecule has 0 radical (unpaired) electrons. The zero-order valence-electron chi connectivity index (χ0n) is 8.96. The van der Waals surface area contributed by atoms with Crippen molar-refractivity contribution in [2.45, 2.75) is 40.7 Å². The summed E-state index contributed by atoms with van der Waals surface area (Å²) < 4.78 is 1.88. The number of nitrogens with two attached hydrogens (primary N) is 1. The van der Waals surface area contributed by atoms with Crippen LogP contribution < -0.4 is 5.73 Å². The summed E-state index contributed by atoms with van der Waals surface area (Å²) in [4.78, 5) is 0. The van der Waals surface area contributed by atoms with Crippen LogP contribution in [0.5, 0.6) is 0 Å². The Morgan fingerprint density at radius 3 is 2.46 bits per heavy atom. The zero-order valence-corrected chi connectivity index (χ0v) is 8.96. The largest absolute Gasteiger partial charge is 0.384 e. The van der Waals surface area contributed by atoms with Crippen molar-refractivity contribution in [3.8, 4) is 0 Å². The number of nitrogen functional groups attached to an aromatic ring is 1. The SMILES string of the molecule is Cc1cnn(CCC(C)(C)C)c1N. The minimum Gasteiger partial charge on any atom is -0.384 e. The molecule has 0 aliphatic carbocycles. The molecule has 0 saturated carbocycles. The van der Waals surface area contributed by atoms with Crippen molar-refractivity contribution in [3.63, 3.8) is 0 Å². The van der Waals surface area contributed by atoms with Gasteiger partial charge < -0.3 is 5.73 Å². The molecule has 1 heterocycles. The highest BCUT2D eigenvalue weighted by Gasteiger charge is 2.11. The maximum atomic E-state index is 5.83. The maximum absolute atomic E-state index is 5.83. The molecule has 0 saturated heterocycles. The van der Waals surface area contributed by atoms with Gasteiger partial charge in [-0.2, -0.15) is 5.10 Å². The minimum atomic E-state index is 0.340. The van der Waals surface area contributed by atoms with E-state index >= 15 is 0 Å². The Kier molecular flexibility index (Phi) is 2.64. The van der Waals surface area contributed by atoms with E-state index in [1.54, 1.807) is 0 Å². The van der Waals surface area contributed by atoms with Crippen LogP contribution in [-0.4, -0.2) is 9.78 Å². The summed E-state index contributed by atoms with van der Waals surface area (Å²) in [6, 6.07) is 0. The molecule has 0 unspecified atom stereocenters. The number of aryl methyl sites for hydroxylation is 2. The van der Waals surface area contributed by atoms with Gasteiger partial charge in [0.1, 0.15) is 5.82 Å². The summed E-state index contributed by atoms with van der Waals surface area (Å²) in [5.74, 6) is 0.796. The third kappa shape index (κ3) is 2.76. The lowest BCUT2D eigenvalue weighted by Crippen LogP contribution is -2.12. The Bertz CT molecular complexity index is 281. The minimum absolute atomic E-state index is 0.340. The Labute approximate surface area is 79.9 Å². The summed E-state index contributed by atoms with van der Waals surface area (Å²) >= 11 is 0. The van der Waals surface area contributed by atoms with E-state index in [2.05, 4.69) is 25.9 Å². The van der Waals surface area contributed by atoms with Crippen LogP contribution in [0.15, 0.2) is 6.20 Å². The number of anilines is 1. The van der Waals surface area contributed by atoms with Crippen LogP contribution in [-0.2, 0) is 6.54 Å². The lowest BCUT2D eigenvalue weighted by Gasteiger charge is -2.18. The first-order chi connectivity index (χ1) is 5.90. The van der Waals surface area contributed by atoms with Gasteiger partial charge in [-0.25, -0.2) is 4.68 Å². The van der Waals surface area contributed by atoms with Crippen molar-refractivity contribution in [1.29, 1.82) is 0 Å².